The van der Waals surface area contributed by atoms with Crippen molar-refractivity contribution in [1.29, 1.82) is 0 Å². The first-order valence-corrected chi connectivity index (χ1v) is 7.88. The van der Waals surface area contributed by atoms with Crippen LogP contribution >= 0.6 is 0 Å². The Balaban J connectivity index is 2.14. The van der Waals surface area contributed by atoms with E-state index in [9.17, 15) is 4.79 Å². The molecule has 2 N–H and O–H groups in total. The molecule has 2 heterocycles. The summed E-state index contributed by atoms with van der Waals surface area (Å²) < 4.78 is 1.63. The highest BCUT2D eigenvalue weighted by molar-refractivity contribution is 5.98. The zero-order valence-electron chi connectivity index (χ0n) is 13.6. The van der Waals surface area contributed by atoms with Crippen molar-refractivity contribution in [3.63, 3.8) is 0 Å². The third-order valence-corrected chi connectivity index (χ3v) is 4.48. The van der Waals surface area contributed by atoms with E-state index >= 15 is 0 Å². The van der Waals surface area contributed by atoms with Crippen LogP contribution in [0.5, 0.6) is 0 Å². The number of amides is 1. The Kier molecular flexibility index (Phi) is 4.88. The number of hydrogen-bond donors (Lipinski definition) is 1. The topological polar surface area (TPSA) is 67.4 Å². The van der Waals surface area contributed by atoms with Crippen molar-refractivity contribution in [3.05, 3.63) is 11.4 Å². The van der Waals surface area contributed by atoms with E-state index in [2.05, 4.69) is 23.8 Å². The van der Waals surface area contributed by atoms with E-state index in [0.717, 1.165) is 44.7 Å². The van der Waals surface area contributed by atoms with Gasteiger partial charge in [-0.2, -0.15) is 5.10 Å². The van der Waals surface area contributed by atoms with E-state index < -0.39 is 0 Å². The number of carbonyl (C=O) groups excluding carboxylic acids is 1. The second-order valence-electron chi connectivity index (χ2n) is 5.60. The van der Waals surface area contributed by atoms with Crippen LogP contribution in [0.1, 0.15) is 43.4 Å². The monoisotopic (exact) mass is 293 g/mol. The van der Waals surface area contributed by atoms with Crippen molar-refractivity contribution in [2.45, 2.75) is 39.7 Å². The van der Waals surface area contributed by atoms with Crippen molar-refractivity contribution in [1.82, 2.24) is 19.6 Å². The molecule has 1 saturated heterocycles. The molecule has 0 aliphatic carbocycles. The van der Waals surface area contributed by atoms with Crippen LogP contribution in [0, 0.1) is 0 Å². The number of rotatable bonds is 5. The summed E-state index contributed by atoms with van der Waals surface area (Å²) in [5.74, 6) is 0.0110. The van der Waals surface area contributed by atoms with Crippen LogP contribution in [0.4, 0.5) is 5.69 Å². The number of nitrogens with zero attached hydrogens (tertiary/aromatic N) is 4. The Labute approximate surface area is 126 Å². The molecule has 1 unspecified atom stereocenters. The van der Waals surface area contributed by atoms with Crippen LogP contribution in [-0.4, -0.2) is 57.7 Å². The fourth-order valence-electron chi connectivity index (χ4n) is 3.22. The zero-order valence-corrected chi connectivity index (χ0v) is 13.6. The van der Waals surface area contributed by atoms with Crippen molar-refractivity contribution in [2.24, 2.45) is 7.05 Å². The van der Waals surface area contributed by atoms with Gasteiger partial charge in [-0.05, 0) is 25.9 Å². The molecule has 118 valence electrons. The molecule has 21 heavy (non-hydrogen) atoms. The van der Waals surface area contributed by atoms with E-state index in [0.29, 0.717) is 17.4 Å². The number of aromatic nitrogens is 2. The number of likely N-dealkylation sites (N-methyl/N-ethyl adjacent to an activating group) is 1. The molecule has 0 spiro atoms. The van der Waals surface area contributed by atoms with E-state index in [-0.39, 0.29) is 5.91 Å². The summed E-state index contributed by atoms with van der Waals surface area (Å²) in [6.07, 6.45) is 1.78. The number of anilines is 1. The number of nitrogens with two attached hydrogens (primary N) is 1. The van der Waals surface area contributed by atoms with Gasteiger partial charge in [0.1, 0.15) is 5.69 Å². The average Bonchev–Trinajstić information content (AvgIpc) is 3.05. The maximum atomic E-state index is 12.7. The summed E-state index contributed by atoms with van der Waals surface area (Å²) in [4.78, 5) is 17.1. The largest absolute Gasteiger partial charge is 0.395 e. The van der Waals surface area contributed by atoms with Crippen LogP contribution < -0.4 is 5.73 Å². The summed E-state index contributed by atoms with van der Waals surface area (Å²) in [5, 5.41) is 4.34. The SMILES string of the molecule is CCc1nn(C)c(C(=O)N2CCC(N(CC)CC)C2)c1N. The summed E-state index contributed by atoms with van der Waals surface area (Å²) in [7, 11) is 1.79. The molecule has 0 saturated carbocycles. The van der Waals surface area contributed by atoms with Crippen LogP contribution in [0.2, 0.25) is 0 Å². The van der Waals surface area contributed by atoms with Gasteiger partial charge in [0.25, 0.3) is 5.91 Å². The average molecular weight is 293 g/mol. The van der Waals surface area contributed by atoms with Gasteiger partial charge in [-0.15, -0.1) is 0 Å². The lowest BCUT2D eigenvalue weighted by atomic mass is 10.2. The van der Waals surface area contributed by atoms with E-state index in [1.54, 1.807) is 11.7 Å². The van der Waals surface area contributed by atoms with E-state index in [4.69, 9.17) is 5.73 Å². The summed E-state index contributed by atoms with van der Waals surface area (Å²) >= 11 is 0. The number of aryl methyl sites for hydroxylation is 2. The van der Waals surface area contributed by atoms with Gasteiger partial charge in [0.2, 0.25) is 0 Å². The maximum absolute atomic E-state index is 12.7. The molecule has 6 heteroatoms. The lowest BCUT2D eigenvalue weighted by Gasteiger charge is -2.26. The fourth-order valence-corrected chi connectivity index (χ4v) is 3.22. The van der Waals surface area contributed by atoms with E-state index in [1.807, 2.05) is 11.8 Å². The Morgan fingerprint density at radius 3 is 2.57 bits per heavy atom. The van der Waals surface area contributed by atoms with Crippen molar-refractivity contribution in [3.8, 4) is 0 Å². The highest BCUT2D eigenvalue weighted by Gasteiger charge is 2.32. The highest BCUT2D eigenvalue weighted by Crippen LogP contribution is 2.22. The number of likely N-dealkylation sites (tertiary alicyclic amines) is 1. The fraction of sp³-hybridized carbons (Fsp3) is 0.733. The minimum atomic E-state index is 0.0110. The summed E-state index contributed by atoms with van der Waals surface area (Å²) in [5.41, 5.74) is 7.97. The Bertz CT molecular complexity index is 506. The Hall–Kier alpha value is -1.56. The van der Waals surface area contributed by atoms with E-state index in [1.165, 1.54) is 0 Å². The molecule has 0 aromatic carbocycles. The van der Waals surface area contributed by atoms with Crippen LogP contribution in [-0.2, 0) is 13.5 Å². The molecule has 1 aromatic rings. The predicted octanol–water partition coefficient (Wildman–Crippen LogP) is 1.12. The first-order chi connectivity index (χ1) is 10.0. The number of nitrogen functional groups attached to an aromatic ring is 1. The third kappa shape index (κ3) is 2.90. The molecule has 1 aliphatic rings. The van der Waals surface area contributed by atoms with Crippen LogP contribution in [0.15, 0.2) is 0 Å². The number of hydrogen-bond acceptors (Lipinski definition) is 4. The van der Waals surface area contributed by atoms with Crippen molar-refractivity contribution < 1.29 is 4.79 Å². The quantitative estimate of drug-likeness (QED) is 0.883. The molecule has 0 bridgehead atoms. The molecule has 2 rings (SSSR count). The number of carbonyl (C=O) groups is 1. The molecular formula is C15H27N5O. The van der Waals surface area contributed by atoms with Gasteiger partial charge in [0.05, 0.1) is 11.4 Å². The first-order valence-electron chi connectivity index (χ1n) is 7.88. The zero-order chi connectivity index (χ0) is 15.6. The second-order valence-corrected chi connectivity index (χ2v) is 5.60. The minimum absolute atomic E-state index is 0.0110. The molecule has 1 aliphatic heterocycles. The maximum Gasteiger partial charge on any atom is 0.274 e. The Morgan fingerprint density at radius 1 is 1.38 bits per heavy atom. The van der Waals surface area contributed by atoms with Gasteiger partial charge in [0.15, 0.2) is 0 Å². The smallest absolute Gasteiger partial charge is 0.274 e. The molecule has 0 radical (unpaired) electrons. The van der Waals surface area contributed by atoms with Crippen molar-refractivity contribution >= 4 is 11.6 Å². The van der Waals surface area contributed by atoms with Gasteiger partial charge in [0, 0.05) is 26.2 Å². The second kappa shape index (κ2) is 6.47. The predicted molar refractivity (Wildman–Crippen MR) is 84.2 cm³/mol. The lowest BCUT2D eigenvalue weighted by Crippen LogP contribution is -2.39. The normalized spacial score (nSPS) is 18.7. The van der Waals surface area contributed by atoms with Crippen LogP contribution in [0.25, 0.3) is 0 Å². The summed E-state index contributed by atoms with van der Waals surface area (Å²) in [6.45, 7) is 9.97. The first kappa shape index (κ1) is 15.8. The van der Waals surface area contributed by atoms with Gasteiger partial charge in [-0.25, -0.2) is 0 Å². The molecule has 1 fully saturated rings. The molecule has 6 nitrogen and oxygen atoms in total. The van der Waals surface area contributed by atoms with Gasteiger partial charge in [-0.3, -0.25) is 14.4 Å². The van der Waals surface area contributed by atoms with Crippen molar-refractivity contribution in [2.75, 3.05) is 31.9 Å². The van der Waals surface area contributed by atoms with Gasteiger partial charge < -0.3 is 10.6 Å². The summed E-state index contributed by atoms with van der Waals surface area (Å²) in [6, 6.07) is 0.462. The molecular weight excluding hydrogens is 266 g/mol. The minimum Gasteiger partial charge on any atom is -0.395 e. The van der Waals surface area contributed by atoms with Gasteiger partial charge >= 0.3 is 0 Å². The lowest BCUT2D eigenvalue weighted by molar-refractivity contribution is 0.0768. The highest BCUT2D eigenvalue weighted by atomic mass is 16.2. The third-order valence-electron chi connectivity index (χ3n) is 4.48. The van der Waals surface area contributed by atoms with Crippen LogP contribution in [0.3, 0.4) is 0 Å². The molecule has 1 atom stereocenters. The molecule has 1 amide bonds. The molecule has 1 aromatic heterocycles. The standard InChI is InChI=1S/C15H27N5O/c1-5-12-13(16)14(18(4)17-12)15(21)20-9-8-11(10-20)19(6-2)7-3/h11H,5-10,16H2,1-4H3. The van der Waals surface area contributed by atoms with Gasteiger partial charge in [-0.1, -0.05) is 20.8 Å². The Morgan fingerprint density at radius 2 is 2.05 bits per heavy atom.